The van der Waals surface area contributed by atoms with Crippen molar-refractivity contribution in [3.63, 3.8) is 0 Å². The SMILES string of the molecule is CC(C)CCC(=O)[C@@H](CC(C)C)OCC(=O)c1cccc(C(=O)CO[C@H](CC(C)C)C(=O)CCC(C)C)c1.CC(C)CNC(=O)[C@@H](CC(C)C)ON.CC(C)CNC(=O)[C@@H](CC(C)C)ON1C(=O)c2ccccc2C1=O.CO.NN.O.O=COc1cccc(C(=O)O)c1. The summed E-state index contributed by atoms with van der Waals surface area (Å²) >= 11 is 0. The number of carbonyl (C=O) groups excluding carboxylic acids is 9. The van der Waals surface area contributed by atoms with Gasteiger partial charge in [0.25, 0.3) is 30.1 Å². The molecule has 4 rings (SSSR count). The summed E-state index contributed by atoms with van der Waals surface area (Å²) in [5, 5.41) is 21.8. The predicted octanol–water partition coefficient (Wildman–Crippen LogP) is 8.91. The Morgan fingerprint density at radius 2 is 0.871 bits per heavy atom. The fourth-order valence-electron chi connectivity index (χ4n) is 8.27. The number of carbonyl (C=O) groups is 10. The number of aliphatic hydroxyl groups is 1. The summed E-state index contributed by atoms with van der Waals surface area (Å²) in [4.78, 5) is 130. The van der Waals surface area contributed by atoms with Crippen LogP contribution in [-0.4, -0.2) is 138 Å². The zero-order valence-corrected chi connectivity index (χ0v) is 58.1. The van der Waals surface area contributed by atoms with Crippen LogP contribution < -0.4 is 33.0 Å². The first kappa shape index (κ1) is 90.2. The van der Waals surface area contributed by atoms with Crippen molar-refractivity contribution >= 4 is 59.2 Å². The number of amides is 4. The lowest BCUT2D eigenvalue weighted by atomic mass is 9.97. The number of aliphatic hydroxyl groups excluding tert-OH is 1. The largest absolute Gasteiger partial charge is 0.478 e. The van der Waals surface area contributed by atoms with E-state index in [1.54, 1.807) is 42.5 Å². The van der Waals surface area contributed by atoms with E-state index in [2.05, 4.69) is 59.6 Å². The van der Waals surface area contributed by atoms with Crippen LogP contribution in [0.15, 0.2) is 72.8 Å². The minimum Gasteiger partial charge on any atom is -0.478 e. The Morgan fingerprint density at radius 3 is 1.23 bits per heavy atom. The third kappa shape index (κ3) is 38.7. The number of imide groups is 1. The Hall–Kier alpha value is -7.00. The molecule has 1 heterocycles. The van der Waals surface area contributed by atoms with Gasteiger partial charge in [0.05, 0.1) is 16.7 Å². The molecule has 0 aliphatic carbocycles. The van der Waals surface area contributed by atoms with Gasteiger partial charge in [-0.1, -0.05) is 147 Å². The van der Waals surface area contributed by atoms with Crippen LogP contribution in [0.5, 0.6) is 5.75 Å². The molecule has 0 aromatic heterocycles. The Bertz CT molecular complexity index is 2590. The van der Waals surface area contributed by atoms with Crippen molar-refractivity contribution in [2.45, 2.75) is 187 Å². The average Bonchev–Trinajstić information content (AvgIpc) is 1.65. The molecule has 3 aromatic rings. The van der Waals surface area contributed by atoms with E-state index in [1.165, 1.54) is 30.3 Å². The number of hydrazine groups is 1. The van der Waals surface area contributed by atoms with Crippen molar-refractivity contribution in [2.24, 2.45) is 64.9 Å². The van der Waals surface area contributed by atoms with Crippen molar-refractivity contribution in [2.75, 3.05) is 33.4 Å². The van der Waals surface area contributed by atoms with Crippen LogP contribution in [0, 0.1) is 47.3 Å². The van der Waals surface area contributed by atoms with Crippen molar-refractivity contribution in [1.82, 2.24) is 15.7 Å². The van der Waals surface area contributed by atoms with Crippen LogP contribution in [-0.2, 0) is 43.1 Å². The number of aromatic carboxylic acids is 1. The van der Waals surface area contributed by atoms with Crippen molar-refractivity contribution in [3.8, 4) is 5.75 Å². The summed E-state index contributed by atoms with van der Waals surface area (Å²) in [6.45, 7) is 33.4. The number of Topliss-reactive ketones (excluding diaryl/α,β-unsaturated/α-hetero) is 4. The third-order valence-corrected chi connectivity index (χ3v) is 13.1. The van der Waals surface area contributed by atoms with E-state index in [0.29, 0.717) is 109 Å². The summed E-state index contributed by atoms with van der Waals surface area (Å²) in [5.41, 5.74) is 1.39. The Morgan fingerprint density at radius 1 is 0.505 bits per heavy atom. The number of ether oxygens (including phenoxy) is 3. The third-order valence-electron chi connectivity index (χ3n) is 13.1. The highest BCUT2D eigenvalue weighted by Gasteiger charge is 2.39. The minimum atomic E-state index is -1.05. The van der Waals surface area contributed by atoms with Crippen molar-refractivity contribution in [3.05, 3.63) is 101 Å². The molecule has 4 amide bonds. The van der Waals surface area contributed by atoms with E-state index >= 15 is 0 Å². The van der Waals surface area contributed by atoms with E-state index in [9.17, 15) is 47.9 Å². The number of rotatable bonds is 36. The summed E-state index contributed by atoms with van der Waals surface area (Å²) in [5.74, 6) is 12.9. The summed E-state index contributed by atoms with van der Waals surface area (Å²) in [6, 6.07) is 18.7. The fourth-order valence-corrected chi connectivity index (χ4v) is 8.27. The topological polar surface area (TPSA) is 394 Å². The second-order valence-corrected chi connectivity index (χ2v) is 25.3. The molecule has 0 unspecified atom stereocenters. The van der Waals surface area contributed by atoms with E-state index < -0.39 is 42.2 Å². The van der Waals surface area contributed by atoms with Gasteiger partial charge in [-0.2, -0.15) is 0 Å². The standard InChI is InChI=1S/C32H50O6.C18H24N2O4.C10H22N2O2.C8H6O4.CH4O.H4N2.H2O/c1-21(2)12-14-27(33)31(16-23(5)6)37-19-29(35)25-10-9-11-26(18-25)30(36)20-38-32(17-24(7)8)28(34)15-13-22(3)4;1-11(2)9-15(16(21)19-10-12(3)4)24-20-17(22)13-7-5-6-8-14(13)18(20)23;1-7(2)5-9(14-11)10(13)12-6-8(3)4;9-5-12-7-3-1-2-6(4-7)8(10)11;2*1-2;/h9-11,18,21-24,31-32H,12-17,19-20H2,1-8H3;5-8,11-12,15H,9-10H2,1-4H3,(H,19,21);7-9H,5-6,11H2,1-4H3,(H,12,13);1-5H,(H,10,11);2H,1H3;1-2H2;1H2/t31-,32-;15-;9-;;;;/m111..../s1. The maximum Gasteiger partial charge on any atom is 0.335 e. The average molecular weight is 1310 g/mol. The van der Waals surface area contributed by atoms with Gasteiger partial charge in [-0.05, 0) is 122 Å². The molecule has 526 valence electrons. The summed E-state index contributed by atoms with van der Waals surface area (Å²) < 4.78 is 16.1. The van der Waals surface area contributed by atoms with Gasteiger partial charge in [0.2, 0.25) is 0 Å². The maximum absolute atomic E-state index is 12.9. The summed E-state index contributed by atoms with van der Waals surface area (Å²) in [6.07, 6.45) is 2.02. The number of nitrogens with two attached hydrogens (primary N) is 3. The monoisotopic (exact) mass is 1310 g/mol. The molecule has 24 nitrogen and oxygen atoms in total. The van der Waals surface area contributed by atoms with E-state index in [4.69, 9.17) is 30.4 Å². The number of nitrogens with zero attached hydrogens (tertiary/aromatic N) is 1. The molecule has 1 aliphatic heterocycles. The van der Waals surface area contributed by atoms with Crippen LogP contribution in [0.25, 0.3) is 0 Å². The molecule has 0 fully saturated rings. The van der Waals surface area contributed by atoms with Crippen LogP contribution in [0.4, 0.5) is 0 Å². The van der Waals surface area contributed by atoms with Crippen molar-refractivity contribution in [1.29, 1.82) is 0 Å². The predicted molar refractivity (Wildman–Crippen MR) is 357 cm³/mol. The molecule has 0 saturated carbocycles. The van der Waals surface area contributed by atoms with Gasteiger partial charge in [-0.15, -0.1) is 5.06 Å². The molecule has 0 spiro atoms. The zero-order valence-electron chi connectivity index (χ0n) is 58.1. The van der Waals surface area contributed by atoms with Gasteiger partial charge in [0.1, 0.15) is 31.2 Å². The molecule has 0 saturated heterocycles. The number of benzene rings is 3. The first-order valence-corrected chi connectivity index (χ1v) is 31.5. The first-order valence-electron chi connectivity index (χ1n) is 31.5. The number of hydroxylamine groups is 2. The highest BCUT2D eigenvalue weighted by atomic mass is 16.7. The number of fused-ring (bicyclic) bond motifs is 1. The number of hydrogen-bond donors (Lipinski definition) is 7. The van der Waals surface area contributed by atoms with Crippen molar-refractivity contribution < 1.29 is 87.5 Å². The van der Waals surface area contributed by atoms with Gasteiger partial charge in [0.15, 0.2) is 35.3 Å². The first-order chi connectivity index (χ1) is 43.3. The second kappa shape index (κ2) is 50.5. The van der Waals surface area contributed by atoms with E-state index in [0.717, 1.165) is 20.0 Å². The molecule has 1 aliphatic rings. The molecule has 24 heteroatoms. The Balaban J connectivity index is -0.00000125. The molecule has 4 atom stereocenters. The van der Waals surface area contributed by atoms with Gasteiger partial charge >= 0.3 is 5.97 Å². The van der Waals surface area contributed by atoms with Crippen LogP contribution in [0.3, 0.4) is 0 Å². The lowest BCUT2D eigenvalue weighted by Crippen LogP contribution is -2.44. The van der Waals surface area contributed by atoms with E-state index in [-0.39, 0.29) is 89.2 Å². The molecular weight excluding hydrogens is 1200 g/mol. The van der Waals surface area contributed by atoms with Gasteiger partial charge in [-0.25, -0.2) is 15.5 Å². The maximum atomic E-state index is 12.9. The van der Waals surface area contributed by atoms with Crippen LogP contribution in [0.1, 0.15) is 214 Å². The second-order valence-electron chi connectivity index (χ2n) is 25.3. The Labute approximate surface area is 551 Å². The molecular formula is C69H112N6O18. The van der Waals surface area contributed by atoms with Crippen LogP contribution >= 0.6 is 0 Å². The lowest BCUT2D eigenvalue weighted by molar-refractivity contribution is -0.162. The zero-order chi connectivity index (χ0) is 70.8. The fraction of sp³-hybridized carbons (Fsp3) is 0.594. The highest BCUT2D eigenvalue weighted by Crippen LogP contribution is 2.25. The van der Waals surface area contributed by atoms with Crippen LogP contribution in [0.2, 0.25) is 0 Å². The smallest absolute Gasteiger partial charge is 0.335 e. The van der Waals surface area contributed by atoms with Gasteiger partial charge in [-0.3, -0.25) is 59.7 Å². The molecule has 12 N–H and O–H groups in total. The minimum absolute atomic E-state index is 0. The number of hydrogen-bond acceptors (Lipinski definition) is 19. The number of carboxylic acids is 1. The summed E-state index contributed by atoms with van der Waals surface area (Å²) in [7, 11) is 1.00. The molecule has 93 heavy (non-hydrogen) atoms. The van der Waals surface area contributed by atoms with E-state index in [1.807, 2.05) is 83.1 Å². The van der Waals surface area contributed by atoms with Gasteiger partial charge in [0, 0.05) is 44.2 Å². The number of ketones is 4. The molecule has 0 radical (unpaired) electrons. The quantitative estimate of drug-likeness (QED) is 0.00938. The molecule has 0 bridgehead atoms. The number of nitrogens with one attached hydrogen (secondary N) is 2. The lowest BCUT2D eigenvalue weighted by Gasteiger charge is -2.23. The van der Waals surface area contributed by atoms with Gasteiger partial charge < -0.3 is 40.5 Å². The molecule has 3 aromatic carbocycles. The Kier molecular flexibility index (Phi) is 49.0. The number of carboxylic acid groups (broad SMARTS) is 1. The highest BCUT2D eigenvalue weighted by molar-refractivity contribution is 6.20. The normalized spacial score (nSPS) is 12.7.